The molecule has 0 aromatic heterocycles. The number of ether oxygens (including phenoxy) is 1. The minimum atomic E-state index is -0.523. The van der Waals surface area contributed by atoms with Crippen molar-refractivity contribution in [1.29, 1.82) is 0 Å². The molecule has 0 spiro atoms. The molecule has 1 fully saturated rings. The Morgan fingerprint density at radius 1 is 1.22 bits per heavy atom. The van der Waals surface area contributed by atoms with E-state index in [1.54, 1.807) is 12.1 Å². The summed E-state index contributed by atoms with van der Waals surface area (Å²) in [5.41, 5.74) is -0.468. The Balaban J connectivity index is 2.25. The highest BCUT2D eigenvalue weighted by Gasteiger charge is 2.54. The highest BCUT2D eigenvalue weighted by atomic mass is 16.5. The van der Waals surface area contributed by atoms with Crippen LogP contribution < -0.4 is 0 Å². The van der Waals surface area contributed by atoms with Crippen LogP contribution in [0, 0.1) is 5.92 Å². The van der Waals surface area contributed by atoms with E-state index in [-0.39, 0.29) is 18.0 Å². The summed E-state index contributed by atoms with van der Waals surface area (Å²) in [4.78, 5) is 12.4. The van der Waals surface area contributed by atoms with Gasteiger partial charge in [0.05, 0.1) is 16.6 Å². The van der Waals surface area contributed by atoms with Crippen molar-refractivity contribution in [3.05, 3.63) is 35.9 Å². The maximum Gasteiger partial charge on any atom is 0.338 e. The Labute approximate surface area is 139 Å². The number of hydroxylamine groups is 2. The summed E-state index contributed by atoms with van der Waals surface area (Å²) < 4.78 is 5.83. The SMILES string of the molecule is CCC1(C)CC(OC(=O)c2ccccc2)C(C)C(C)(CC)N1[O]. The van der Waals surface area contributed by atoms with Crippen molar-refractivity contribution in [3.8, 4) is 0 Å². The van der Waals surface area contributed by atoms with Gasteiger partial charge in [-0.05, 0) is 38.8 Å². The Morgan fingerprint density at radius 2 is 1.83 bits per heavy atom. The number of carbonyl (C=O) groups is 1. The second-order valence-corrected chi connectivity index (χ2v) is 7.16. The lowest BCUT2D eigenvalue weighted by molar-refractivity contribution is -0.323. The summed E-state index contributed by atoms with van der Waals surface area (Å²) >= 11 is 0. The van der Waals surface area contributed by atoms with Crippen molar-refractivity contribution in [2.75, 3.05) is 0 Å². The summed E-state index contributed by atoms with van der Waals surface area (Å²) in [6.45, 7) is 10.0. The molecule has 0 amide bonds. The zero-order valence-electron chi connectivity index (χ0n) is 14.8. The molecular formula is C19H28NO3. The zero-order chi connectivity index (χ0) is 17.3. The first kappa shape index (κ1) is 18.0. The van der Waals surface area contributed by atoms with Crippen LogP contribution in [0.3, 0.4) is 0 Å². The van der Waals surface area contributed by atoms with Crippen LogP contribution in [0.25, 0.3) is 0 Å². The molecule has 1 aromatic rings. The topological polar surface area (TPSA) is 49.4 Å². The monoisotopic (exact) mass is 318 g/mol. The first-order chi connectivity index (χ1) is 10.8. The van der Waals surface area contributed by atoms with E-state index in [4.69, 9.17) is 4.74 Å². The van der Waals surface area contributed by atoms with E-state index in [1.165, 1.54) is 5.06 Å². The van der Waals surface area contributed by atoms with Gasteiger partial charge in [0.25, 0.3) is 0 Å². The molecular weight excluding hydrogens is 290 g/mol. The number of piperidine rings is 1. The van der Waals surface area contributed by atoms with Crippen LogP contribution in [0.2, 0.25) is 0 Å². The Kier molecular flexibility index (Phi) is 5.17. The second-order valence-electron chi connectivity index (χ2n) is 7.16. The molecule has 2 rings (SSSR count). The molecule has 4 nitrogen and oxygen atoms in total. The van der Waals surface area contributed by atoms with Gasteiger partial charge >= 0.3 is 5.97 Å². The van der Waals surface area contributed by atoms with E-state index < -0.39 is 11.1 Å². The molecule has 127 valence electrons. The summed E-state index contributed by atoms with van der Waals surface area (Å²) in [7, 11) is 0. The number of carbonyl (C=O) groups excluding carboxylic acids is 1. The standard InChI is InChI=1S/C19H28NO3/c1-6-18(4)13-16(14(3)19(5,7-2)20(18)22)23-17(21)15-11-9-8-10-12-15/h8-12,14,16H,6-7,13H2,1-5H3. The fourth-order valence-electron chi connectivity index (χ4n) is 3.57. The number of hydrogen-bond acceptors (Lipinski definition) is 3. The maximum atomic E-state index is 12.9. The fourth-order valence-corrected chi connectivity index (χ4v) is 3.57. The lowest BCUT2D eigenvalue weighted by Gasteiger charge is -2.55. The van der Waals surface area contributed by atoms with Crippen LogP contribution in [0.4, 0.5) is 0 Å². The molecule has 4 unspecified atom stereocenters. The first-order valence-corrected chi connectivity index (χ1v) is 8.52. The molecule has 1 aliphatic rings. The van der Waals surface area contributed by atoms with Crippen molar-refractivity contribution in [1.82, 2.24) is 5.06 Å². The van der Waals surface area contributed by atoms with Gasteiger partial charge in [-0.15, -0.1) is 10.3 Å². The van der Waals surface area contributed by atoms with Gasteiger partial charge in [0.2, 0.25) is 0 Å². The average molecular weight is 318 g/mol. The van der Waals surface area contributed by atoms with E-state index in [0.717, 1.165) is 12.8 Å². The maximum absolute atomic E-state index is 12.9. The van der Waals surface area contributed by atoms with E-state index in [9.17, 15) is 10.0 Å². The quantitative estimate of drug-likeness (QED) is 0.780. The van der Waals surface area contributed by atoms with Crippen LogP contribution >= 0.6 is 0 Å². The van der Waals surface area contributed by atoms with Gasteiger partial charge in [0.15, 0.2) is 0 Å². The highest BCUT2D eigenvalue weighted by Crippen LogP contribution is 2.45. The van der Waals surface area contributed by atoms with Gasteiger partial charge in [-0.3, -0.25) is 0 Å². The minimum Gasteiger partial charge on any atom is -0.458 e. The van der Waals surface area contributed by atoms with E-state index in [0.29, 0.717) is 12.0 Å². The number of rotatable bonds is 4. The van der Waals surface area contributed by atoms with Gasteiger partial charge < -0.3 is 4.74 Å². The molecule has 0 saturated carbocycles. The summed E-state index contributed by atoms with van der Waals surface area (Å²) in [5.74, 6) is -0.323. The molecule has 4 atom stereocenters. The third kappa shape index (κ3) is 3.15. The van der Waals surface area contributed by atoms with Crippen molar-refractivity contribution in [3.63, 3.8) is 0 Å². The van der Waals surface area contributed by atoms with E-state index >= 15 is 0 Å². The predicted molar refractivity (Wildman–Crippen MR) is 89.3 cm³/mol. The first-order valence-electron chi connectivity index (χ1n) is 8.52. The molecule has 0 bridgehead atoms. The molecule has 1 saturated heterocycles. The Bertz CT molecular complexity index is 547. The third-order valence-corrected chi connectivity index (χ3v) is 5.88. The molecule has 0 aliphatic carbocycles. The van der Waals surface area contributed by atoms with Crippen LogP contribution in [-0.2, 0) is 9.94 Å². The van der Waals surface area contributed by atoms with Crippen molar-refractivity contribution in [2.45, 2.75) is 71.1 Å². The van der Waals surface area contributed by atoms with Gasteiger partial charge in [-0.2, -0.15) is 0 Å². The lowest BCUT2D eigenvalue weighted by atomic mass is 9.69. The number of benzene rings is 1. The summed E-state index contributed by atoms with van der Waals surface area (Å²) in [6.07, 6.45) is 1.79. The van der Waals surface area contributed by atoms with Gasteiger partial charge in [-0.25, -0.2) is 4.79 Å². The smallest absolute Gasteiger partial charge is 0.338 e. The Morgan fingerprint density at radius 3 is 2.35 bits per heavy atom. The molecule has 1 heterocycles. The predicted octanol–water partition coefficient (Wildman–Crippen LogP) is 4.24. The normalized spacial score (nSPS) is 35.0. The Hall–Kier alpha value is -1.39. The third-order valence-electron chi connectivity index (χ3n) is 5.88. The summed E-state index contributed by atoms with van der Waals surface area (Å²) in [5, 5.41) is 14.2. The van der Waals surface area contributed by atoms with Gasteiger partial charge in [0.1, 0.15) is 6.10 Å². The minimum absolute atomic E-state index is 0.0164. The van der Waals surface area contributed by atoms with Crippen LogP contribution in [-0.4, -0.2) is 28.2 Å². The molecule has 1 radical (unpaired) electrons. The van der Waals surface area contributed by atoms with Crippen LogP contribution in [0.1, 0.15) is 64.2 Å². The lowest BCUT2D eigenvalue weighted by Crippen LogP contribution is -2.66. The van der Waals surface area contributed by atoms with E-state index in [2.05, 4.69) is 0 Å². The largest absolute Gasteiger partial charge is 0.458 e. The molecule has 4 heteroatoms. The van der Waals surface area contributed by atoms with Gasteiger partial charge in [-0.1, -0.05) is 39.0 Å². The van der Waals surface area contributed by atoms with Crippen molar-refractivity contribution < 1.29 is 14.7 Å². The van der Waals surface area contributed by atoms with Crippen LogP contribution in [0.15, 0.2) is 30.3 Å². The van der Waals surface area contributed by atoms with Crippen molar-refractivity contribution >= 4 is 5.97 Å². The molecule has 1 aliphatic heterocycles. The number of nitrogens with zero attached hydrogens (tertiary/aromatic N) is 1. The molecule has 1 aromatic carbocycles. The van der Waals surface area contributed by atoms with Crippen LogP contribution in [0.5, 0.6) is 0 Å². The summed E-state index contributed by atoms with van der Waals surface area (Å²) in [6, 6.07) is 9.04. The average Bonchev–Trinajstić information content (AvgIpc) is 2.58. The molecule has 23 heavy (non-hydrogen) atoms. The second kappa shape index (κ2) is 6.62. The van der Waals surface area contributed by atoms with Crippen molar-refractivity contribution in [2.24, 2.45) is 5.92 Å². The van der Waals surface area contributed by atoms with Gasteiger partial charge in [0, 0.05) is 12.3 Å². The number of hydrogen-bond donors (Lipinski definition) is 0. The number of esters is 1. The van der Waals surface area contributed by atoms with E-state index in [1.807, 2.05) is 52.8 Å². The highest BCUT2D eigenvalue weighted by molar-refractivity contribution is 5.89. The fraction of sp³-hybridized carbons (Fsp3) is 0.632. The molecule has 0 N–H and O–H groups in total. The zero-order valence-corrected chi connectivity index (χ0v) is 14.8.